The van der Waals surface area contributed by atoms with Gasteiger partial charge in [0.05, 0.1) is 6.42 Å². The van der Waals surface area contributed by atoms with Crippen LogP contribution in [0.25, 0.3) is 0 Å². The Hall–Kier alpha value is -0.900. The third-order valence-corrected chi connectivity index (χ3v) is 15.5. The number of rotatable bonds is 6. The molecule has 0 heterocycles. The highest BCUT2D eigenvalue weighted by atomic mass is 35.5. The number of esters is 1. The van der Waals surface area contributed by atoms with E-state index in [1.54, 1.807) is 13.8 Å². The third-order valence-electron chi connectivity index (χ3n) is 15.0. The second kappa shape index (κ2) is 10.1. The van der Waals surface area contributed by atoms with Crippen LogP contribution in [0.5, 0.6) is 0 Å². The van der Waals surface area contributed by atoms with Crippen LogP contribution in [0.4, 0.5) is 0 Å². The molecule has 5 saturated carbocycles. The van der Waals surface area contributed by atoms with Gasteiger partial charge in [-0.2, -0.15) is 0 Å². The van der Waals surface area contributed by atoms with Crippen molar-refractivity contribution in [3.63, 3.8) is 0 Å². The van der Waals surface area contributed by atoms with Crippen molar-refractivity contribution in [2.75, 3.05) is 0 Å². The van der Waals surface area contributed by atoms with Crippen LogP contribution in [0.15, 0.2) is 0 Å². The molecular weight excluding hydrogens is 532 g/mol. The standard InChI is InChI=1S/C36H57ClO4/c1-22(2)23-12-17-36(21-38)19-18-34(8)24(29(23)36)10-11-26-33(7)15-14-27(41-28(39)20-31(3,4)30(37)40)32(5,6)25(33)13-16-35(26,34)9/h21-27,29H,10-20H2,1-9H3/t23?,24?,25?,26?,27-,29?,33-,34+,35+,36+/m0/s1. The van der Waals surface area contributed by atoms with Gasteiger partial charge in [0.2, 0.25) is 5.24 Å². The van der Waals surface area contributed by atoms with E-state index >= 15 is 0 Å². The molecule has 5 unspecified atom stereocenters. The first-order valence-electron chi connectivity index (χ1n) is 16.8. The molecule has 10 atom stereocenters. The van der Waals surface area contributed by atoms with Gasteiger partial charge >= 0.3 is 5.97 Å². The highest BCUT2D eigenvalue weighted by Gasteiger charge is 2.71. The van der Waals surface area contributed by atoms with E-state index in [4.69, 9.17) is 16.3 Å². The van der Waals surface area contributed by atoms with E-state index in [0.717, 1.165) is 32.1 Å². The fourth-order valence-corrected chi connectivity index (χ4v) is 12.5. The maximum atomic E-state index is 13.0. The van der Waals surface area contributed by atoms with Crippen molar-refractivity contribution >= 4 is 29.1 Å². The first-order chi connectivity index (χ1) is 18.9. The number of carbonyl (C=O) groups excluding carboxylic acids is 3. The SMILES string of the molecule is CC(C)C1CC[C@]2(C=O)CC[C@]3(C)C(CCC4[C@@]5(C)CC[C@H](OC(=O)CC(C)(C)C(=O)Cl)C(C)(C)C5CC[C@]43C)C12. The van der Waals surface area contributed by atoms with E-state index in [0.29, 0.717) is 35.5 Å². The van der Waals surface area contributed by atoms with Crippen LogP contribution in [0, 0.1) is 68.0 Å². The van der Waals surface area contributed by atoms with Crippen LogP contribution in [0.1, 0.15) is 133 Å². The Balaban J connectivity index is 1.41. The van der Waals surface area contributed by atoms with Crippen molar-refractivity contribution in [2.45, 2.75) is 139 Å². The molecular formula is C36H57ClO4. The van der Waals surface area contributed by atoms with Gasteiger partial charge in [0.15, 0.2) is 0 Å². The molecule has 0 aromatic carbocycles. The summed E-state index contributed by atoms with van der Waals surface area (Å²) in [6.45, 7) is 20.7. The molecule has 0 bridgehead atoms. The summed E-state index contributed by atoms with van der Waals surface area (Å²) in [6.07, 6.45) is 12.7. The molecule has 0 aliphatic heterocycles. The largest absolute Gasteiger partial charge is 0.462 e. The average molecular weight is 589 g/mol. The van der Waals surface area contributed by atoms with Gasteiger partial charge in [-0.25, -0.2) is 0 Å². The molecule has 0 spiro atoms. The van der Waals surface area contributed by atoms with Crippen molar-refractivity contribution in [1.29, 1.82) is 0 Å². The molecule has 0 aromatic rings. The Kier molecular flexibility index (Phi) is 7.74. The van der Waals surface area contributed by atoms with E-state index in [9.17, 15) is 14.4 Å². The molecule has 41 heavy (non-hydrogen) atoms. The molecule has 5 heteroatoms. The predicted molar refractivity (Wildman–Crippen MR) is 164 cm³/mol. The van der Waals surface area contributed by atoms with Gasteiger partial charge in [0, 0.05) is 16.2 Å². The molecule has 4 nitrogen and oxygen atoms in total. The van der Waals surface area contributed by atoms with Crippen LogP contribution in [-0.2, 0) is 19.1 Å². The second-order valence-electron chi connectivity index (χ2n) is 17.7. The first-order valence-corrected chi connectivity index (χ1v) is 17.1. The summed E-state index contributed by atoms with van der Waals surface area (Å²) in [4.78, 5) is 37.6. The summed E-state index contributed by atoms with van der Waals surface area (Å²) in [5, 5.41) is -0.494. The zero-order chi connectivity index (χ0) is 30.4. The average Bonchev–Trinajstić information content (AvgIpc) is 3.26. The van der Waals surface area contributed by atoms with E-state index in [1.165, 1.54) is 38.4 Å². The quantitative estimate of drug-likeness (QED) is 0.176. The lowest BCUT2D eigenvalue weighted by Gasteiger charge is -2.72. The number of fused-ring (bicyclic) bond motifs is 7. The molecule has 0 saturated heterocycles. The fraction of sp³-hybridized carbons (Fsp3) is 0.917. The van der Waals surface area contributed by atoms with Gasteiger partial charge < -0.3 is 9.53 Å². The Morgan fingerprint density at radius 2 is 1.56 bits per heavy atom. The summed E-state index contributed by atoms with van der Waals surface area (Å²) < 4.78 is 6.18. The number of hydrogen-bond donors (Lipinski definition) is 0. The highest BCUT2D eigenvalue weighted by molar-refractivity contribution is 6.64. The summed E-state index contributed by atoms with van der Waals surface area (Å²) >= 11 is 5.76. The summed E-state index contributed by atoms with van der Waals surface area (Å²) in [5.74, 6) is 3.29. The van der Waals surface area contributed by atoms with Gasteiger partial charge in [0.1, 0.15) is 12.4 Å². The first kappa shape index (κ1) is 31.5. The summed E-state index contributed by atoms with van der Waals surface area (Å²) in [6, 6.07) is 0. The number of ether oxygens (including phenoxy) is 1. The molecule has 5 aliphatic rings. The number of carbonyl (C=O) groups is 3. The second-order valence-corrected chi connectivity index (χ2v) is 18.0. The monoisotopic (exact) mass is 588 g/mol. The van der Waals surface area contributed by atoms with Crippen molar-refractivity contribution in [3.8, 4) is 0 Å². The fourth-order valence-electron chi connectivity index (χ4n) is 12.5. The van der Waals surface area contributed by atoms with E-state index in [1.807, 2.05) is 0 Å². The lowest BCUT2D eigenvalue weighted by atomic mass is 9.32. The topological polar surface area (TPSA) is 60.4 Å². The molecule has 232 valence electrons. The van der Waals surface area contributed by atoms with E-state index in [-0.39, 0.29) is 45.6 Å². The Bertz CT molecular complexity index is 1080. The number of halogens is 1. The maximum absolute atomic E-state index is 13.0. The molecule has 5 rings (SSSR count). The van der Waals surface area contributed by atoms with Crippen LogP contribution >= 0.6 is 11.6 Å². The summed E-state index contributed by atoms with van der Waals surface area (Å²) in [5.41, 5.74) is -0.427. The zero-order valence-electron chi connectivity index (χ0n) is 27.4. The van der Waals surface area contributed by atoms with Crippen molar-refractivity contribution < 1.29 is 19.1 Å². The van der Waals surface area contributed by atoms with Crippen LogP contribution in [0.3, 0.4) is 0 Å². The minimum absolute atomic E-state index is 0.0190. The lowest BCUT2D eigenvalue weighted by Crippen LogP contribution is -2.67. The Morgan fingerprint density at radius 3 is 2.17 bits per heavy atom. The van der Waals surface area contributed by atoms with Crippen LogP contribution in [-0.4, -0.2) is 23.6 Å². The Morgan fingerprint density at radius 1 is 0.878 bits per heavy atom. The van der Waals surface area contributed by atoms with Gasteiger partial charge in [-0.15, -0.1) is 0 Å². The van der Waals surface area contributed by atoms with Gasteiger partial charge in [0.25, 0.3) is 0 Å². The lowest BCUT2D eigenvalue weighted by molar-refractivity contribution is -0.249. The maximum Gasteiger partial charge on any atom is 0.307 e. The zero-order valence-corrected chi connectivity index (χ0v) is 28.2. The molecule has 0 aromatic heterocycles. The molecule has 0 amide bonds. The number of hydrogen-bond acceptors (Lipinski definition) is 4. The van der Waals surface area contributed by atoms with E-state index in [2.05, 4.69) is 48.5 Å². The minimum atomic E-state index is -0.915. The predicted octanol–water partition coefficient (Wildman–Crippen LogP) is 9.02. The molecule has 5 aliphatic carbocycles. The third kappa shape index (κ3) is 4.44. The Labute approximate surface area is 254 Å². The van der Waals surface area contributed by atoms with Gasteiger partial charge in [-0.1, -0.05) is 62.3 Å². The highest BCUT2D eigenvalue weighted by Crippen LogP contribution is 2.77. The van der Waals surface area contributed by atoms with E-state index < -0.39 is 10.7 Å². The summed E-state index contributed by atoms with van der Waals surface area (Å²) in [7, 11) is 0. The molecule has 0 N–H and O–H groups in total. The van der Waals surface area contributed by atoms with Crippen molar-refractivity contribution in [1.82, 2.24) is 0 Å². The minimum Gasteiger partial charge on any atom is -0.462 e. The van der Waals surface area contributed by atoms with Crippen LogP contribution < -0.4 is 0 Å². The molecule has 0 radical (unpaired) electrons. The van der Waals surface area contributed by atoms with Crippen molar-refractivity contribution in [2.24, 2.45) is 68.0 Å². The smallest absolute Gasteiger partial charge is 0.307 e. The van der Waals surface area contributed by atoms with Gasteiger partial charge in [-0.05, 0) is 128 Å². The van der Waals surface area contributed by atoms with Crippen molar-refractivity contribution in [3.05, 3.63) is 0 Å². The van der Waals surface area contributed by atoms with Gasteiger partial charge in [-0.3, -0.25) is 9.59 Å². The number of aldehydes is 1. The molecule has 5 fully saturated rings. The normalized spacial score (nSPS) is 47.0. The van der Waals surface area contributed by atoms with Crippen LogP contribution in [0.2, 0.25) is 0 Å².